The molecule has 1 N–H and O–H groups in total. The Labute approximate surface area is 103 Å². The van der Waals surface area contributed by atoms with Crippen molar-refractivity contribution in [2.24, 2.45) is 5.41 Å². The lowest BCUT2D eigenvalue weighted by molar-refractivity contribution is 0.198. The molecule has 94 valence electrons. The van der Waals surface area contributed by atoms with Crippen LogP contribution >= 0.6 is 0 Å². The van der Waals surface area contributed by atoms with E-state index in [0.717, 1.165) is 30.9 Å². The molecule has 0 aromatic carbocycles. The molecule has 0 bridgehead atoms. The van der Waals surface area contributed by atoms with Gasteiger partial charge in [0.25, 0.3) is 0 Å². The summed E-state index contributed by atoms with van der Waals surface area (Å²) in [4.78, 5) is 10.7. The summed E-state index contributed by atoms with van der Waals surface area (Å²) in [5.41, 5.74) is 1.31. The van der Waals surface area contributed by atoms with E-state index in [4.69, 9.17) is 0 Å². The first-order valence-corrected chi connectivity index (χ1v) is 6.18. The van der Waals surface area contributed by atoms with Crippen LogP contribution in [0.1, 0.15) is 32.9 Å². The summed E-state index contributed by atoms with van der Waals surface area (Å²) < 4.78 is 0. The predicted octanol–water partition coefficient (Wildman–Crippen LogP) is 1.64. The number of anilines is 1. The van der Waals surface area contributed by atoms with Gasteiger partial charge in [-0.2, -0.15) is 0 Å². The van der Waals surface area contributed by atoms with E-state index in [2.05, 4.69) is 35.6 Å². The van der Waals surface area contributed by atoms with Crippen molar-refractivity contribution in [1.29, 1.82) is 0 Å². The van der Waals surface area contributed by atoms with Crippen LogP contribution in [0.5, 0.6) is 0 Å². The Balaban J connectivity index is 2.11. The quantitative estimate of drug-likeness (QED) is 0.846. The average molecular weight is 235 g/mol. The number of aromatic nitrogens is 2. The standard InChI is InChI=1S/C13H21N3O/c1-13(2,3)7-10-6-12(15-9-14-10)16-5-4-11(17)8-16/h6,9,11,17H,4-5,7-8H2,1-3H3. The largest absolute Gasteiger partial charge is 0.391 e. The topological polar surface area (TPSA) is 49.2 Å². The van der Waals surface area contributed by atoms with Crippen molar-refractivity contribution in [2.75, 3.05) is 18.0 Å². The Morgan fingerprint density at radius 2 is 2.18 bits per heavy atom. The Kier molecular flexibility index (Phi) is 3.33. The van der Waals surface area contributed by atoms with Crippen molar-refractivity contribution >= 4 is 5.82 Å². The minimum Gasteiger partial charge on any atom is -0.391 e. The molecule has 0 aliphatic carbocycles. The fourth-order valence-electron chi connectivity index (χ4n) is 2.15. The molecule has 2 rings (SSSR count). The third kappa shape index (κ3) is 3.40. The van der Waals surface area contributed by atoms with Crippen LogP contribution < -0.4 is 4.90 Å². The third-order valence-corrected chi connectivity index (χ3v) is 2.91. The smallest absolute Gasteiger partial charge is 0.132 e. The van der Waals surface area contributed by atoms with Crippen LogP contribution in [0.15, 0.2) is 12.4 Å². The highest BCUT2D eigenvalue weighted by molar-refractivity contribution is 5.40. The summed E-state index contributed by atoms with van der Waals surface area (Å²) in [5, 5.41) is 9.53. The summed E-state index contributed by atoms with van der Waals surface area (Å²) in [6, 6.07) is 2.04. The van der Waals surface area contributed by atoms with Gasteiger partial charge in [-0.15, -0.1) is 0 Å². The van der Waals surface area contributed by atoms with Gasteiger partial charge >= 0.3 is 0 Å². The predicted molar refractivity (Wildman–Crippen MR) is 68.0 cm³/mol. The normalized spacial score (nSPS) is 20.9. The summed E-state index contributed by atoms with van der Waals surface area (Å²) in [6.07, 6.45) is 3.19. The van der Waals surface area contributed by atoms with Crippen molar-refractivity contribution in [1.82, 2.24) is 9.97 Å². The fraction of sp³-hybridized carbons (Fsp3) is 0.692. The first-order valence-electron chi connectivity index (χ1n) is 6.18. The van der Waals surface area contributed by atoms with Gasteiger partial charge in [0.2, 0.25) is 0 Å². The third-order valence-electron chi connectivity index (χ3n) is 2.91. The monoisotopic (exact) mass is 235 g/mol. The zero-order valence-electron chi connectivity index (χ0n) is 10.8. The van der Waals surface area contributed by atoms with Crippen LogP contribution in [0.3, 0.4) is 0 Å². The van der Waals surface area contributed by atoms with Gasteiger partial charge < -0.3 is 10.0 Å². The highest BCUT2D eigenvalue weighted by Gasteiger charge is 2.22. The SMILES string of the molecule is CC(C)(C)Cc1cc(N2CCC(O)C2)ncn1. The molecule has 0 spiro atoms. The lowest BCUT2D eigenvalue weighted by Gasteiger charge is -2.20. The number of hydrogen-bond donors (Lipinski definition) is 1. The van der Waals surface area contributed by atoms with E-state index < -0.39 is 0 Å². The molecule has 1 aromatic heterocycles. The number of β-amino-alcohol motifs (C(OH)–C–C–N with tert-alkyl or cyclic N) is 1. The summed E-state index contributed by atoms with van der Waals surface area (Å²) in [5.74, 6) is 0.941. The number of rotatable bonds is 2. The van der Waals surface area contributed by atoms with Crippen molar-refractivity contribution in [3.8, 4) is 0 Å². The second-order valence-electron chi connectivity index (χ2n) is 5.99. The number of aliphatic hydroxyl groups excluding tert-OH is 1. The van der Waals surface area contributed by atoms with Gasteiger partial charge in [0, 0.05) is 24.8 Å². The summed E-state index contributed by atoms with van der Waals surface area (Å²) in [7, 11) is 0. The highest BCUT2D eigenvalue weighted by Crippen LogP contribution is 2.22. The Hall–Kier alpha value is -1.16. The van der Waals surface area contributed by atoms with Gasteiger partial charge in [-0.1, -0.05) is 20.8 Å². The number of aliphatic hydroxyl groups is 1. The van der Waals surface area contributed by atoms with Crippen molar-refractivity contribution in [3.63, 3.8) is 0 Å². The molecule has 2 heterocycles. The molecule has 0 amide bonds. The van der Waals surface area contributed by atoms with Gasteiger partial charge in [0.05, 0.1) is 6.10 Å². The zero-order valence-corrected chi connectivity index (χ0v) is 10.8. The molecule has 1 atom stereocenters. The van der Waals surface area contributed by atoms with E-state index in [1.807, 2.05) is 6.07 Å². The lowest BCUT2D eigenvalue weighted by atomic mass is 9.90. The van der Waals surface area contributed by atoms with Crippen molar-refractivity contribution in [2.45, 2.75) is 39.7 Å². The van der Waals surface area contributed by atoms with Crippen molar-refractivity contribution < 1.29 is 5.11 Å². The minimum absolute atomic E-state index is 0.212. The van der Waals surface area contributed by atoms with Crippen LogP contribution in [0.4, 0.5) is 5.82 Å². The van der Waals surface area contributed by atoms with E-state index in [1.165, 1.54) is 0 Å². The van der Waals surface area contributed by atoms with Gasteiger partial charge in [-0.25, -0.2) is 9.97 Å². The van der Waals surface area contributed by atoms with Gasteiger partial charge in [0.15, 0.2) is 0 Å². The molecular weight excluding hydrogens is 214 g/mol. The lowest BCUT2D eigenvalue weighted by Crippen LogP contribution is -2.22. The molecular formula is C13H21N3O. The molecule has 1 fully saturated rings. The van der Waals surface area contributed by atoms with Gasteiger partial charge in [0.1, 0.15) is 12.1 Å². The number of nitrogens with zero attached hydrogens (tertiary/aromatic N) is 3. The van der Waals surface area contributed by atoms with E-state index in [1.54, 1.807) is 6.33 Å². The van der Waals surface area contributed by atoms with Crippen LogP contribution in [0, 0.1) is 5.41 Å². The van der Waals surface area contributed by atoms with E-state index in [9.17, 15) is 5.11 Å². The molecule has 4 nitrogen and oxygen atoms in total. The van der Waals surface area contributed by atoms with Gasteiger partial charge in [-0.05, 0) is 18.3 Å². The molecule has 1 aliphatic heterocycles. The van der Waals surface area contributed by atoms with Crippen molar-refractivity contribution in [3.05, 3.63) is 18.1 Å². The maximum Gasteiger partial charge on any atom is 0.132 e. The fourth-order valence-corrected chi connectivity index (χ4v) is 2.15. The molecule has 0 radical (unpaired) electrons. The highest BCUT2D eigenvalue weighted by atomic mass is 16.3. The average Bonchev–Trinajstić information content (AvgIpc) is 2.63. The van der Waals surface area contributed by atoms with E-state index in [0.29, 0.717) is 6.54 Å². The molecule has 1 saturated heterocycles. The van der Waals surface area contributed by atoms with E-state index in [-0.39, 0.29) is 11.5 Å². The number of hydrogen-bond acceptors (Lipinski definition) is 4. The molecule has 1 aliphatic rings. The summed E-state index contributed by atoms with van der Waals surface area (Å²) in [6.45, 7) is 8.18. The molecule has 1 aromatic rings. The van der Waals surface area contributed by atoms with Crippen LogP contribution in [0.25, 0.3) is 0 Å². The van der Waals surface area contributed by atoms with E-state index >= 15 is 0 Å². The minimum atomic E-state index is -0.212. The van der Waals surface area contributed by atoms with Crippen LogP contribution in [-0.2, 0) is 6.42 Å². The molecule has 17 heavy (non-hydrogen) atoms. The zero-order chi connectivity index (χ0) is 12.5. The second kappa shape index (κ2) is 4.61. The maximum atomic E-state index is 9.53. The molecule has 4 heteroatoms. The Morgan fingerprint density at radius 1 is 1.41 bits per heavy atom. The van der Waals surface area contributed by atoms with Crippen LogP contribution in [0.2, 0.25) is 0 Å². The Morgan fingerprint density at radius 3 is 2.76 bits per heavy atom. The molecule has 1 unspecified atom stereocenters. The summed E-state index contributed by atoms with van der Waals surface area (Å²) >= 11 is 0. The first-order chi connectivity index (χ1) is 7.94. The van der Waals surface area contributed by atoms with Crippen LogP contribution in [-0.4, -0.2) is 34.3 Å². The first kappa shape index (κ1) is 12.3. The second-order valence-corrected chi connectivity index (χ2v) is 5.99. The Bertz CT molecular complexity index is 386. The maximum absolute atomic E-state index is 9.53. The molecule has 0 saturated carbocycles. The van der Waals surface area contributed by atoms with Gasteiger partial charge in [-0.3, -0.25) is 0 Å².